The van der Waals surface area contributed by atoms with E-state index in [2.05, 4.69) is 15.6 Å². The lowest BCUT2D eigenvalue weighted by molar-refractivity contribution is 0.724. The first-order chi connectivity index (χ1) is 4.43. The van der Waals surface area contributed by atoms with Crippen LogP contribution < -0.4 is 10.6 Å². The smallest absolute Gasteiger partial charge is 0.182 e. The third kappa shape index (κ3) is 1.70. The first-order valence-electron chi connectivity index (χ1n) is 2.82. The second-order valence-electron chi connectivity index (χ2n) is 1.74. The van der Waals surface area contributed by atoms with Gasteiger partial charge in [0.25, 0.3) is 0 Å². The van der Waals surface area contributed by atoms with E-state index in [0.717, 1.165) is 18.9 Å². The minimum atomic E-state index is 0.688. The molecule has 48 valence electrons. The highest BCUT2D eigenvalue weighted by Gasteiger charge is 2.00. The van der Waals surface area contributed by atoms with Crippen LogP contribution in [0.3, 0.4) is 0 Å². The van der Waals surface area contributed by atoms with E-state index in [1.807, 2.05) is 6.19 Å². The SMILES string of the molecule is N#CNC1=NCCNC1. The minimum Gasteiger partial charge on any atom is -0.308 e. The maximum atomic E-state index is 8.15. The van der Waals surface area contributed by atoms with E-state index in [9.17, 15) is 0 Å². The molecule has 0 saturated heterocycles. The Morgan fingerprint density at radius 2 is 2.67 bits per heavy atom. The maximum absolute atomic E-state index is 8.15. The monoisotopic (exact) mass is 124 g/mol. The Kier molecular flexibility index (Phi) is 2.05. The van der Waals surface area contributed by atoms with Gasteiger partial charge in [-0.3, -0.25) is 10.3 Å². The molecule has 0 unspecified atom stereocenters. The summed E-state index contributed by atoms with van der Waals surface area (Å²) in [7, 11) is 0. The molecule has 0 aromatic carbocycles. The Hall–Kier alpha value is -1.08. The fourth-order valence-electron chi connectivity index (χ4n) is 0.681. The molecule has 2 N–H and O–H groups in total. The van der Waals surface area contributed by atoms with Gasteiger partial charge in [-0.05, 0) is 0 Å². The van der Waals surface area contributed by atoms with Crippen LogP contribution in [0.4, 0.5) is 0 Å². The average molecular weight is 124 g/mol. The summed E-state index contributed by atoms with van der Waals surface area (Å²) in [6.45, 7) is 2.37. The van der Waals surface area contributed by atoms with Crippen molar-refractivity contribution in [3.05, 3.63) is 0 Å². The molecule has 1 aliphatic heterocycles. The van der Waals surface area contributed by atoms with E-state index in [-0.39, 0.29) is 0 Å². The molecule has 9 heavy (non-hydrogen) atoms. The molecule has 0 spiro atoms. The van der Waals surface area contributed by atoms with Gasteiger partial charge >= 0.3 is 0 Å². The van der Waals surface area contributed by atoms with Crippen molar-refractivity contribution in [2.45, 2.75) is 0 Å². The number of aliphatic imine (C=N–C) groups is 1. The highest BCUT2D eigenvalue weighted by atomic mass is 15.1. The predicted molar refractivity (Wildman–Crippen MR) is 33.9 cm³/mol. The van der Waals surface area contributed by atoms with Gasteiger partial charge in [-0.2, -0.15) is 5.26 Å². The highest BCUT2D eigenvalue weighted by molar-refractivity contribution is 5.85. The van der Waals surface area contributed by atoms with Crippen LogP contribution in [-0.4, -0.2) is 25.5 Å². The molecule has 0 saturated carbocycles. The molecule has 0 amide bonds. The van der Waals surface area contributed by atoms with E-state index in [1.54, 1.807) is 0 Å². The number of amidine groups is 1. The molecule has 1 heterocycles. The molecule has 0 bridgehead atoms. The lowest BCUT2D eigenvalue weighted by atomic mass is 10.4. The van der Waals surface area contributed by atoms with Crippen molar-refractivity contribution in [3.8, 4) is 6.19 Å². The van der Waals surface area contributed by atoms with Crippen molar-refractivity contribution in [2.75, 3.05) is 19.6 Å². The van der Waals surface area contributed by atoms with Crippen molar-refractivity contribution >= 4 is 5.84 Å². The molecule has 0 aromatic heterocycles. The van der Waals surface area contributed by atoms with Gasteiger partial charge in [0.05, 0.1) is 13.1 Å². The predicted octanol–water partition coefficient (Wildman–Crippen LogP) is -0.941. The average Bonchev–Trinajstić information content (AvgIpc) is 1.91. The molecule has 4 nitrogen and oxygen atoms in total. The van der Waals surface area contributed by atoms with Gasteiger partial charge in [0.2, 0.25) is 0 Å². The lowest BCUT2D eigenvalue weighted by Crippen LogP contribution is -2.37. The Morgan fingerprint density at radius 1 is 1.78 bits per heavy atom. The Morgan fingerprint density at radius 3 is 3.22 bits per heavy atom. The minimum absolute atomic E-state index is 0.688. The number of nitriles is 1. The molecule has 1 aliphatic rings. The number of nitrogens with zero attached hydrogens (tertiary/aromatic N) is 2. The lowest BCUT2D eigenvalue weighted by Gasteiger charge is -2.10. The zero-order valence-corrected chi connectivity index (χ0v) is 5.02. The van der Waals surface area contributed by atoms with Crippen LogP contribution in [0, 0.1) is 11.5 Å². The topological polar surface area (TPSA) is 60.2 Å². The Labute approximate surface area is 53.6 Å². The number of hydrogen-bond donors (Lipinski definition) is 2. The third-order valence-electron chi connectivity index (χ3n) is 1.08. The van der Waals surface area contributed by atoms with Crippen molar-refractivity contribution < 1.29 is 0 Å². The van der Waals surface area contributed by atoms with Crippen molar-refractivity contribution in [1.29, 1.82) is 5.26 Å². The zero-order valence-electron chi connectivity index (χ0n) is 5.02. The summed E-state index contributed by atoms with van der Waals surface area (Å²) < 4.78 is 0. The molecule has 0 atom stereocenters. The fourth-order valence-corrected chi connectivity index (χ4v) is 0.681. The number of nitrogens with one attached hydrogen (secondary N) is 2. The summed E-state index contributed by atoms with van der Waals surface area (Å²) in [6.07, 6.45) is 1.82. The first kappa shape index (κ1) is 6.05. The summed E-state index contributed by atoms with van der Waals surface area (Å²) in [6, 6.07) is 0. The Bertz CT molecular complexity index is 155. The van der Waals surface area contributed by atoms with Crippen LogP contribution in [0.25, 0.3) is 0 Å². The van der Waals surface area contributed by atoms with Gasteiger partial charge in [-0.1, -0.05) is 0 Å². The van der Waals surface area contributed by atoms with Gasteiger partial charge in [0.1, 0.15) is 5.84 Å². The van der Waals surface area contributed by atoms with E-state index < -0.39 is 0 Å². The molecule has 0 fully saturated rings. The molecular formula is C5H8N4. The van der Waals surface area contributed by atoms with Crippen LogP contribution >= 0.6 is 0 Å². The molecule has 0 aromatic rings. The van der Waals surface area contributed by atoms with Crippen LogP contribution in [-0.2, 0) is 0 Å². The van der Waals surface area contributed by atoms with Crippen molar-refractivity contribution in [2.24, 2.45) is 4.99 Å². The molecule has 0 aliphatic carbocycles. The zero-order chi connectivity index (χ0) is 6.53. The number of rotatable bonds is 0. The first-order valence-corrected chi connectivity index (χ1v) is 2.82. The van der Waals surface area contributed by atoms with Crippen LogP contribution in [0.2, 0.25) is 0 Å². The summed E-state index contributed by atoms with van der Waals surface area (Å²) in [5.74, 6) is 0.740. The van der Waals surface area contributed by atoms with Crippen molar-refractivity contribution in [3.63, 3.8) is 0 Å². The van der Waals surface area contributed by atoms with Gasteiger partial charge in [0, 0.05) is 6.54 Å². The molecule has 1 rings (SSSR count). The van der Waals surface area contributed by atoms with Crippen molar-refractivity contribution in [1.82, 2.24) is 10.6 Å². The maximum Gasteiger partial charge on any atom is 0.182 e. The second kappa shape index (κ2) is 3.05. The van der Waals surface area contributed by atoms with Gasteiger partial charge < -0.3 is 5.32 Å². The molecule has 0 radical (unpaired) electrons. The summed E-state index contributed by atoms with van der Waals surface area (Å²) >= 11 is 0. The standard InChI is InChI=1S/C5H8N4/c6-4-9-5-3-7-1-2-8-5/h7H,1-3H2,(H,8,9). The van der Waals surface area contributed by atoms with E-state index >= 15 is 0 Å². The molecular weight excluding hydrogens is 116 g/mol. The molecule has 4 heteroatoms. The summed E-state index contributed by atoms with van der Waals surface area (Å²) in [5, 5.41) is 13.7. The fraction of sp³-hybridized carbons (Fsp3) is 0.600. The third-order valence-corrected chi connectivity index (χ3v) is 1.08. The van der Waals surface area contributed by atoms with Crippen LogP contribution in [0.15, 0.2) is 4.99 Å². The van der Waals surface area contributed by atoms with Gasteiger partial charge in [-0.25, -0.2) is 0 Å². The quantitative estimate of drug-likeness (QED) is 0.323. The van der Waals surface area contributed by atoms with E-state index in [0.29, 0.717) is 6.54 Å². The normalized spacial score (nSPS) is 17.9. The van der Waals surface area contributed by atoms with Gasteiger partial charge in [0.15, 0.2) is 6.19 Å². The second-order valence-corrected chi connectivity index (χ2v) is 1.74. The van der Waals surface area contributed by atoms with Crippen LogP contribution in [0.1, 0.15) is 0 Å². The Balaban J connectivity index is 2.39. The van der Waals surface area contributed by atoms with Gasteiger partial charge in [-0.15, -0.1) is 0 Å². The summed E-state index contributed by atoms with van der Waals surface area (Å²) in [5.41, 5.74) is 0. The summed E-state index contributed by atoms with van der Waals surface area (Å²) in [4.78, 5) is 4.04. The van der Waals surface area contributed by atoms with Crippen LogP contribution in [0.5, 0.6) is 0 Å². The highest BCUT2D eigenvalue weighted by Crippen LogP contribution is 1.79. The largest absolute Gasteiger partial charge is 0.308 e. The van der Waals surface area contributed by atoms with E-state index in [4.69, 9.17) is 5.26 Å². The number of hydrogen-bond acceptors (Lipinski definition) is 4. The van der Waals surface area contributed by atoms with E-state index in [1.165, 1.54) is 0 Å².